The molecule has 0 rings (SSSR count). The number of amides is 2. The van der Waals surface area contributed by atoms with Crippen LogP contribution in [0.4, 0.5) is 0 Å². The number of nitrogens with zero attached hydrogens (tertiary/aromatic N) is 1. The molecule has 0 aliphatic heterocycles. The van der Waals surface area contributed by atoms with Crippen molar-refractivity contribution in [3.05, 3.63) is 37.6 Å². The quantitative estimate of drug-likeness (QED) is 0.626. The predicted molar refractivity (Wildman–Crippen MR) is 56.3 cm³/mol. The van der Waals surface area contributed by atoms with Crippen molar-refractivity contribution in [3.8, 4) is 0 Å². The number of unbranched alkanes of at least 4 members (excludes halogenated alkanes) is 1. The van der Waals surface area contributed by atoms with Gasteiger partial charge in [0, 0.05) is 6.20 Å². The summed E-state index contributed by atoms with van der Waals surface area (Å²) in [5.41, 5.74) is 0. The first kappa shape index (κ1) is 12.4. The molecule has 76 valence electrons. The van der Waals surface area contributed by atoms with Gasteiger partial charge in [-0.25, -0.2) is 0 Å². The first-order chi connectivity index (χ1) is 6.67. The summed E-state index contributed by atoms with van der Waals surface area (Å²) in [6.07, 6.45) is 7.20. The SMILES string of the molecule is C=CC(=O)N(C=CCCC)C(=O)C=C. The van der Waals surface area contributed by atoms with E-state index in [1.165, 1.54) is 6.20 Å². The summed E-state index contributed by atoms with van der Waals surface area (Å²) in [7, 11) is 0. The zero-order chi connectivity index (χ0) is 11.0. The van der Waals surface area contributed by atoms with Crippen molar-refractivity contribution >= 4 is 11.8 Å². The second-order valence-corrected chi connectivity index (χ2v) is 2.63. The van der Waals surface area contributed by atoms with E-state index in [0.29, 0.717) is 0 Å². The van der Waals surface area contributed by atoms with E-state index in [-0.39, 0.29) is 0 Å². The van der Waals surface area contributed by atoms with E-state index in [1.807, 2.05) is 6.92 Å². The molecule has 14 heavy (non-hydrogen) atoms. The maximum atomic E-state index is 11.2. The Kier molecular flexibility index (Phi) is 6.03. The van der Waals surface area contributed by atoms with Gasteiger partial charge in [-0.2, -0.15) is 0 Å². The van der Waals surface area contributed by atoms with Gasteiger partial charge in [0.05, 0.1) is 0 Å². The Morgan fingerprint density at radius 3 is 2.07 bits per heavy atom. The van der Waals surface area contributed by atoms with E-state index >= 15 is 0 Å². The molecule has 0 bridgehead atoms. The molecule has 0 saturated carbocycles. The largest absolute Gasteiger partial charge is 0.269 e. The number of carbonyl (C=O) groups is 2. The molecular formula is C11H15NO2. The highest BCUT2D eigenvalue weighted by Gasteiger charge is 2.12. The Bertz CT molecular complexity index is 246. The average molecular weight is 193 g/mol. The highest BCUT2D eigenvalue weighted by atomic mass is 16.2. The monoisotopic (exact) mass is 193 g/mol. The molecule has 0 spiro atoms. The lowest BCUT2D eigenvalue weighted by Gasteiger charge is -2.11. The number of hydrogen-bond acceptors (Lipinski definition) is 2. The van der Waals surface area contributed by atoms with Crippen molar-refractivity contribution in [3.63, 3.8) is 0 Å². The minimum absolute atomic E-state index is 0.442. The highest BCUT2D eigenvalue weighted by molar-refractivity contribution is 6.05. The minimum Gasteiger partial charge on any atom is -0.269 e. The van der Waals surface area contributed by atoms with Gasteiger partial charge in [0.1, 0.15) is 0 Å². The molecule has 0 fully saturated rings. The van der Waals surface area contributed by atoms with Crippen LogP contribution >= 0.6 is 0 Å². The Morgan fingerprint density at radius 2 is 1.71 bits per heavy atom. The third-order valence-corrected chi connectivity index (χ3v) is 1.53. The van der Waals surface area contributed by atoms with E-state index in [4.69, 9.17) is 0 Å². The number of imide groups is 1. The normalized spacial score (nSPS) is 9.79. The molecule has 0 aliphatic carbocycles. The van der Waals surface area contributed by atoms with Crippen LogP contribution in [0.2, 0.25) is 0 Å². The standard InChI is InChI=1S/C11H15NO2/c1-4-7-8-9-12(10(13)5-2)11(14)6-3/h5-6,8-9H,2-4,7H2,1H3. The summed E-state index contributed by atoms with van der Waals surface area (Å²) in [6.45, 7) is 8.64. The molecule has 0 aromatic carbocycles. The summed E-state index contributed by atoms with van der Waals surface area (Å²) >= 11 is 0. The third-order valence-electron chi connectivity index (χ3n) is 1.53. The molecule has 2 amide bonds. The van der Waals surface area contributed by atoms with Crippen LogP contribution < -0.4 is 0 Å². The van der Waals surface area contributed by atoms with E-state index in [9.17, 15) is 9.59 Å². The molecular weight excluding hydrogens is 178 g/mol. The summed E-state index contributed by atoms with van der Waals surface area (Å²) < 4.78 is 0. The molecule has 0 aliphatic rings. The van der Waals surface area contributed by atoms with Gasteiger partial charge in [0.25, 0.3) is 11.8 Å². The molecule has 0 unspecified atom stereocenters. The average Bonchev–Trinajstić information content (AvgIpc) is 2.22. The molecule has 0 N–H and O–H groups in total. The molecule has 0 aromatic heterocycles. The Labute approximate surface area is 84.4 Å². The van der Waals surface area contributed by atoms with Crippen molar-refractivity contribution < 1.29 is 9.59 Å². The number of carbonyl (C=O) groups excluding carboxylic acids is 2. The van der Waals surface area contributed by atoms with E-state index in [1.54, 1.807) is 6.08 Å². The van der Waals surface area contributed by atoms with Gasteiger partial charge in [-0.3, -0.25) is 14.5 Å². The molecule has 3 nitrogen and oxygen atoms in total. The number of rotatable bonds is 5. The predicted octanol–water partition coefficient (Wildman–Crippen LogP) is 2.03. The maximum absolute atomic E-state index is 11.2. The fraction of sp³-hybridized carbons (Fsp3) is 0.273. The molecule has 0 saturated heterocycles. The lowest BCUT2D eigenvalue weighted by Crippen LogP contribution is -2.28. The number of hydrogen-bond donors (Lipinski definition) is 0. The van der Waals surface area contributed by atoms with E-state index in [0.717, 1.165) is 29.9 Å². The van der Waals surface area contributed by atoms with E-state index < -0.39 is 11.8 Å². The van der Waals surface area contributed by atoms with Gasteiger partial charge in [-0.05, 0) is 18.6 Å². The van der Waals surface area contributed by atoms with Crippen molar-refractivity contribution in [1.82, 2.24) is 4.90 Å². The summed E-state index contributed by atoms with van der Waals surface area (Å²) in [5, 5.41) is 0. The van der Waals surface area contributed by atoms with Gasteiger partial charge >= 0.3 is 0 Å². The van der Waals surface area contributed by atoms with Crippen LogP contribution in [0, 0.1) is 0 Å². The topological polar surface area (TPSA) is 37.4 Å². The zero-order valence-electron chi connectivity index (χ0n) is 8.40. The molecule has 0 heterocycles. The van der Waals surface area contributed by atoms with Gasteiger partial charge in [-0.15, -0.1) is 0 Å². The smallest absolute Gasteiger partial charge is 0.256 e. The Balaban J connectivity index is 4.55. The van der Waals surface area contributed by atoms with Crippen molar-refractivity contribution in [2.45, 2.75) is 19.8 Å². The lowest BCUT2D eigenvalue weighted by molar-refractivity contribution is -0.135. The summed E-state index contributed by atoms with van der Waals surface area (Å²) in [5.74, 6) is -0.885. The molecule has 0 atom stereocenters. The Hall–Kier alpha value is -1.64. The van der Waals surface area contributed by atoms with Crippen molar-refractivity contribution in [2.75, 3.05) is 0 Å². The van der Waals surface area contributed by atoms with Crippen molar-refractivity contribution in [1.29, 1.82) is 0 Å². The molecule has 3 heteroatoms. The summed E-state index contributed by atoms with van der Waals surface area (Å²) in [4.78, 5) is 23.4. The van der Waals surface area contributed by atoms with Crippen LogP contribution in [-0.4, -0.2) is 16.7 Å². The molecule has 0 radical (unpaired) electrons. The van der Waals surface area contributed by atoms with Gasteiger partial charge in [-0.1, -0.05) is 32.6 Å². The third kappa shape index (κ3) is 3.85. The van der Waals surface area contributed by atoms with Crippen LogP contribution in [0.5, 0.6) is 0 Å². The zero-order valence-corrected chi connectivity index (χ0v) is 8.40. The summed E-state index contributed by atoms with van der Waals surface area (Å²) in [6, 6.07) is 0. The van der Waals surface area contributed by atoms with Crippen LogP contribution in [0.25, 0.3) is 0 Å². The van der Waals surface area contributed by atoms with Crippen LogP contribution in [0.1, 0.15) is 19.8 Å². The highest BCUT2D eigenvalue weighted by Crippen LogP contribution is 1.98. The fourth-order valence-corrected chi connectivity index (χ4v) is 0.799. The van der Waals surface area contributed by atoms with Gasteiger partial charge in [0.2, 0.25) is 0 Å². The number of allylic oxidation sites excluding steroid dienone is 1. The van der Waals surface area contributed by atoms with Gasteiger partial charge in [0.15, 0.2) is 0 Å². The van der Waals surface area contributed by atoms with Crippen molar-refractivity contribution in [2.24, 2.45) is 0 Å². The Morgan fingerprint density at radius 1 is 1.21 bits per heavy atom. The molecule has 0 aromatic rings. The minimum atomic E-state index is -0.442. The first-order valence-electron chi connectivity index (χ1n) is 4.46. The maximum Gasteiger partial charge on any atom is 0.256 e. The van der Waals surface area contributed by atoms with Crippen LogP contribution in [0.3, 0.4) is 0 Å². The first-order valence-corrected chi connectivity index (χ1v) is 4.46. The van der Waals surface area contributed by atoms with E-state index in [2.05, 4.69) is 13.2 Å². The fourth-order valence-electron chi connectivity index (χ4n) is 0.799. The lowest BCUT2D eigenvalue weighted by atomic mass is 10.3. The second-order valence-electron chi connectivity index (χ2n) is 2.63. The van der Waals surface area contributed by atoms with Gasteiger partial charge < -0.3 is 0 Å². The van der Waals surface area contributed by atoms with Crippen LogP contribution in [-0.2, 0) is 9.59 Å². The van der Waals surface area contributed by atoms with Crippen LogP contribution in [0.15, 0.2) is 37.6 Å². The second kappa shape index (κ2) is 6.83.